The number of ketones is 1. The maximum Gasteiger partial charge on any atom is 0.196 e. The van der Waals surface area contributed by atoms with Crippen LogP contribution in [0.4, 0.5) is 0 Å². The zero-order chi connectivity index (χ0) is 13.0. The van der Waals surface area contributed by atoms with Crippen LogP contribution in [0.1, 0.15) is 22.8 Å². The van der Waals surface area contributed by atoms with Crippen LogP contribution in [0, 0.1) is 6.61 Å². The predicted octanol–water partition coefficient (Wildman–Crippen LogP) is 3.18. The topological polar surface area (TPSA) is 46.5 Å². The van der Waals surface area contributed by atoms with Crippen molar-refractivity contribution < 1.29 is 14.6 Å². The van der Waals surface area contributed by atoms with E-state index in [1.807, 2.05) is 6.07 Å². The van der Waals surface area contributed by atoms with Gasteiger partial charge in [0.2, 0.25) is 0 Å². The van der Waals surface area contributed by atoms with Gasteiger partial charge in [-0.05, 0) is 19.1 Å². The first-order valence-corrected chi connectivity index (χ1v) is 5.59. The Hall–Kier alpha value is -2.29. The summed E-state index contributed by atoms with van der Waals surface area (Å²) >= 11 is 0. The second kappa shape index (κ2) is 5.36. The summed E-state index contributed by atoms with van der Waals surface area (Å²) < 4.78 is 5.13. The van der Waals surface area contributed by atoms with Gasteiger partial charge in [0.1, 0.15) is 18.1 Å². The highest BCUT2D eigenvalue weighted by atomic mass is 16.5. The van der Waals surface area contributed by atoms with Crippen molar-refractivity contribution in [2.75, 3.05) is 0 Å². The highest BCUT2D eigenvalue weighted by molar-refractivity contribution is 6.10. The van der Waals surface area contributed by atoms with Gasteiger partial charge in [0.25, 0.3) is 0 Å². The Morgan fingerprint density at radius 3 is 2.50 bits per heavy atom. The molecule has 3 heteroatoms. The fraction of sp³-hybridized carbons (Fsp3) is 0.0667. The molecule has 0 atom stereocenters. The molecule has 91 valence electrons. The summed E-state index contributed by atoms with van der Waals surface area (Å²) in [5, 5.41) is 9.83. The van der Waals surface area contributed by atoms with Crippen LogP contribution in [0.25, 0.3) is 0 Å². The van der Waals surface area contributed by atoms with Gasteiger partial charge in [0.05, 0.1) is 5.56 Å². The Morgan fingerprint density at radius 1 is 1.17 bits per heavy atom. The normalized spacial score (nSPS) is 10.1. The van der Waals surface area contributed by atoms with E-state index in [0.29, 0.717) is 11.3 Å². The third-order valence-electron chi connectivity index (χ3n) is 2.50. The quantitative estimate of drug-likeness (QED) is 0.836. The minimum atomic E-state index is -0.208. The lowest BCUT2D eigenvalue weighted by Gasteiger charge is -2.07. The fourth-order valence-corrected chi connectivity index (χ4v) is 1.66. The van der Waals surface area contributed by atoms with E-state index in [1.165, 1.54) is 12.7 Å². The fourth-order valence-electron chi connectivity index (χ4n) is 1.66. The summed E-state index contributed by atoms with van der Waals surface area (Å²) in [7, 11) is 0. The summed E-state index contributed by atoms with van der Waals surface area (Å²) in [6.07, 6.45) is 0. The van der Waals surface area contributed by atoms with Crippen molar-refractivity contribution in [3.8, 4) is 11.5 Å². The van der Waals surface area contributed by atoms with Crippen LogP contribution in [-0.2, 0) is 0 Å². The van der Waals surface area contributed by atoms with Gasteiger partial charge < -0.3 is 9.84 Å². The average molecular weight is 241 g/mol. The first kappa shape index (κ1) is 12.2. The minimum Gasteiger partial charge on any atom is -0.507 e. The Kier molecular flexibility index (Phi) is 3.63. The molecule has 0 amide bonds. The van der Waals surface area contributed by atoms with Crippen LogP contribution < -0.4 is 4.74 Å². The Bertz CT molecular complexity index is 547. The smallest absolute Gasteiger partial charge is 0.196 e. The van der Waals surface area contributed by atoms with Gasteiger partial charge in [-0.15, -0.1) is 0 Å². The van der Waals surface area contributed by atoms with Crippen LogP contribution in [0.3, 0.4) is 0 Å². The molecule has 3 nitrogen and oxygen atoms in total. The van der Waals surface area contributed by atoms with Crippen LogP contribution >= 0.6 is 0 Å². The lowest BCUT2D eigenvalue weighted by atomic mass is 10.0. The molecular formula is C15H13O3. The second-order valence-electron chi connectivity index (χ2n) is 3.73. The molecule has 1 N–H and O–H groups in total. The SMILES string of the molecule is C[CH]Oc1ccc(C(=O)c2ccccc2)c(O)c1. The minimum absolute atomic E-state index is 0.0804. The van der Waals surface area contributed by atoms with Crippen molar-refractivity contribution in [2.24, 2.45) is 0 Å². The molecule has 0 aliphatic heterocycles. The first-order valence-electron chi connectivity index (χ1n) is 5.59. The molecule has 0 heterocycles. The van der Waals surface area contributed by atoms with E-state index in [4.69, 9.17) is 4.74 Å². The number of phenolic OH excluding ortho intramolecular Hbond substituents is 1. The van der Waals surface area contributed by atoms with E-state index in [-0.39, 0.29) is 17.1 Å². The van der Waals surface area contributed by atoms with E-state index in [9.17, 15) is 9.90 Å². The molecule has 0 unspecified atom stereocenters. The number of carbonyl (C=O) groups is 1. The summed E-state index contributed by atoms with van der Waals surface area (Å²) in [5.74, 6) is 0.211. The molecule has 2 aromatic carbocycles. The molecular weight excluding hydrogens is 228 g/mol. The van der Waals surface area contributed by atoms with E-state index in [1.54, 1.807) is 43.3 Å². The van der Waals surface area contributed by atoms with E-state index in [0.717, 1.165) is 0 Å². The highest BCUT2D eigenvalue weighted by Crippen LogP contribution is 2.26. The number of rotatable bonds is 4. The molecule has 18 heavy (non-hydrogen) atoms. The van der Waals surface area contributed by atoms with Crippen LogP contribution in [0.15, 0.2) is 48.5 Å². The van der Waals surface area contributed by atoms with Gasteiger partial charge in [-0.2, -0.15) is 0 Å². The van der Waals surface area contributed by atoms with E-state index < -0.39 is 0 Å². The molecule has 0 bridgehead atoms. The Morgan fingerprint density at radius 2 is 1.89 bits per heavy atom. The third kappa shape index (κ3) is 2.51. The van der Waals surface area contributed by atoms with Crippen LogP contribution in [0.5, 0.6) is 11.5 Å². The van der Waals surface area contributed by atoms with Gasteiger partial charge in [-0.25, -0.2) is 0 Å². The molecule has 2 rings (SSSR count). The summed E-state index contributed by atoms with van der Waals surface area (Å²) in [4.78, 5) is 12.1. The number of phenols is 1. The van der Waals surface area contributed by atoms with Gasteiger partial charge in [-0.3, -0.25) is 4.79 Å². The lowest BCUT2D eigenvalue weighted by Crippen LogP contribution is -2.01. The largest absolute Gasteiger partial charge is 0.507 e. The Labute approximate surface area is 106 Å². The molecule has 0 aromatic heterocycles. The van der Waals surface area contributed by atoms with Crippen LogP contribution in [0.2, 0.25) is 0 Å². The van der Waals surface area contributed by atoms with Crippen molar-refractivity contribution in [1.82, 2.24) is 0 Å². The molecule has 0 saturated heterocycles. The molecule has 0 saturated carbocycles. The van der Waals surface area contributed by atoms with Crippen molar-refractivity contribution in [3.63, 3.8) is 0 Å². The van der Waals surface area contributed by atoms with Crippen molar-refractivity contribution in [2.45, 2.75) is 6.92 Å². The lowest BCUT2D eigenvalue weighted by molar-refractivity contribution is 0.103. The summed E-state index contributed by atoms with van der Waals surface area (Å²) in [6, 6.07) is 13.5. The molecule has 2 aromatic rings. The molecule has 0 fully saturated rings. The number of ether oxygens (including phenoxy) is 1. The van der Waals surface area contributed by atoms with Crippen LogP contribution in [-0.4, -0.2) is 10.9 Å². The number of hydrogen-bond donors (Lipinski definition) is 1. The van der Waals surface area contributed by atoms with Crippen molar-refractivity contribution in [3.05, 3.63) is 66.3 Å². The average Bonchev–Trinajstić information content (AvgIpc) is 2.40. The zero-order valence-corrected chi connectivity index (χ0v) is 9.96. The number of hydrogen-bond acceptors (Lipinski definition) is 3. The summed E-state index contributed by atoms with van der Waals surface area (Å²) in [5.41, 5.74) is 0.813. The zero-order valence-electron chi connectivity index (χ0n) is 9.96. The maximum atomic E-state index is 12.1. The molecule has 0 aliphatic carbocycles. The predicted molar refractivity (Wildman–Crippen MR) is 68.6 cm³/mol. The van der Waals surface area contributed by atoms with Gasteiger partial charge in [-0.1, -0.05) is 30.3 Å². The number of carbonyl (C=O) groups excluding carboxylic acids is 1. The second-order valence-corrected chi connectivity index (χ2v) is 3.73. The van der Waals surface area contributed by atoms with E-state index >= 15 is 0 Å². The summed E-state index contributed by atoms with van der Waals surface area (Å²) in [6.45, 7) is 3.24. The van der Waals surface area contributed by atoms with Crippen molar-refractivity contribution >= 4 is 5.78 Å². The molecule has 0 spiro atoms. The highest BCUT2D eigenvalue weighted by Gasteiger charge is 2.13. The number of aromatic hydroxyl groups is 1. The van der Waals surface area contributed by atoms with Gasteiger partial charge >= 0.3 is 0 Å². The number of benzene rings is 2. The first-order chi connectivity index (χ1) is 8.72. The van der Waals surface area contributed by atoms with E-state index in [2.05, 4.69) is 0 Å². The van der Waals surface area contributed by atoms with Gasteiger partial charge in [0.15, 0.2) is 5.78 Å². The third-order valence-corrected chi connectivity index (χ3v) is 2.50. The van der Waals surface area contributed by atoms with Gasteiger partial charge in [0, 0.05) is 11.6 Å². The molecule has 1 radical (unpaired) electrons. The standard InChI is InChI=1S/C15H13O3/c1-2-18-12-8-9-13(14(16)10-12)15(17)11-6-4-3-5-7-11/h2-10,16H,1H3. The Balaban J connectivity index is 2.32. The van der Waals surface area contributed by atoms with Crippen molar-refractivity contribution in [1.29, 1.82) is 0 Å². The monoisotopic (exact) mass is 241 g/mol. The molecule has 0 aliphatic rings. The maximum absolute atomic E-state index is 12.1.